The van der Waals surface area contributed by atoms with E-state index in [9.17, 15) is 19.5 Å². The first-order chi connectivity index (χ1) is 14.7. The van der Waals surface area contributed by atoms with Gasteiger partial charge in [0.25, 0.3) is 0 Å². The van der Waals surface area contributed by atoms with Crippen molar-refractivity contribution in [3.05, 3.63) is 47.7 Å². The van der Waals surface area contributed by atoms with Crippen LogP contribution in [-0.2, 0) is 16.0 Å². The molecule has 1 atom stereocenters. The molecule has 31 heavy (non-hydrogen) atoms. The number of carboxylic acid groups (broad SMARTS) is 1. The molecule has 166 valence electrons. The standard InChI is InChI=1S/C23H28N2O6/c1-23(2,3)31-22(29)25-12-10-24(11-13-25)19(21(27)28)14-16-4-6-17(7-5-16)20-9-8-18(15-26)30-20/h4-9,15,19H,10-14H2,1-3H3,(H,27,28). The zero-order valence-corrected chi connectivity index (χ0v) is 18.0. The molecule has 8 nitrogen and oxygen atoms in total. The predicted molar refractivity (Wildman–Crippen MR) is 114 cm³/mol. The van der Waals surface area contributed by atoms with Crippen LogP contribution in [0.2, 0.25) is 0 Å². The summed E-state index contributed by atoms with van der Waals surface area (Å²) in [7, 11) is 0. The number of carbonyl (C=O) groups excluding carboxylic acids is 2. The summed E-state index contributed by atoms with van der Waals surface area (Å²) in [5, 5.41) is 9.78. The fraction of sp³-hybridized carbons (Fsp3) is 0.435. The molecule has 1 saturated heterocycles. The zero-order valence-electron chi connectivity index (χ0n) is 18.0. The summed E-state index contributed by atoms with van der Waals surface area (Å²) in [5.41, 5.74) is 1.14. The molecule has 1 N–H and O–H groups in total. The van der Waals surface area contributed by atoms with Crippen LogP contribution in [0.3, 0.4) is 0 Å². The molecule has 8 heteroatoms. The number of benzene rings is 1. The van der Waals surface area contributed by atoms with Gasteiger partial charge in [-0.25, -0.2) is 4.79 Å². The van der Waals surface area contributed by atoms with E-state index in [-0.39, 0.29) is 11.9 Å². The SMILES string of the molecule is CC(C)(C)OC(=O)N1CCN(C(Cc2ccc(-c3ccc(C=O)o3)cc2)C(=O)O)CC1. The Morgan fingerprint density at radius 2 is 1.74 bits per heavy atom. The molecule has 1 aromatic carbocycles. The number of hydrogen-bond acceptors (Lipinski definition) is 6. The second-order valence-corrected chi connectivity index (χ2v) is 8.58. The molecule has 2 heterocycles. The first kappa shape index (κ1) is 22.6. The Kier molecular flexibility index (Phi) is 6.80. The van der Waals surface area contributed by atoms with Crippen LogP contribution in [0.4, 0.5) is 4.79 Å². The molecular weight excluding hydrogens is 400 g/mol. The summed E-state index contributed by atoms with van der Waals surface area (Å²) in [4.78, 5) is 38.4. The van der Waals surface area contributed by atoms with Gasteiger partial charge in [-0.05, 0) is 44.9 Å². The number of furan rings is 1. The highest BCUT2D eigenvalue weighted by molar-refractivity contribution is 5.74. The number of amides is 1. The number of carboxylic acids is 1. The van der Waals surface area contributed by atoms with Crippen molar-refractivity contribution in [2.45, 2.75) is 38.8 Å². The lowest BCUT2D eigenvalue weighted by Gasteiger charge is -2.38. The van der Waals surface area contributed by atoms with E-state index in [2.05, 4.69) is 0 Å². The molecule has 1 amide bonds. The van der Waals surface area contributed by atoms with E-state index in [4.69, 9.17) is 9.15 Å². The lowest BCUT2D eigenvalue weighted by molar-refractivity contribution is -0.143. The Bertz CT molecular complexity index is 920. The minimum atomic E-state index is -0.892. The van der Waals surface area contributed by atoms with E-state index < -0.39 is 17.6 Å². The molecule has 1 aliphatic heterocycles. The van der Waals surface area contributed by atoms with E-state index in [1.54, 1.807) is 17.0 Å². The van der Waals surface area contributed by atoms with Crippen LogP contribution >= 0.6 is 0 Å². The van der Waals surface area contributed by atoms with Crippen LogP contribution in [0.25, 0.3) is 11.3 Å². The molecule has 0 saturated carbocycles. The molecule has 0 radical (unpaired) electrons. The molecular formula is C23H28N2O6. The number of nitrogens with zero attached hydrogens (tertiary/aromatic N) is 2. The van der Waals surface area contributed by atoms with Crippen LogP contribution in [0, 0.1) is 0 Å². The first-order valence-corrected chi connectivity index (χ1v) is 10.3. The van der Waals surface area contributed by atoms with Crippen molar-refractivity contribution < 1.29 is 28.6 Å². The smallest absolute Gasteiger partial charge is 0.410 e. The molecule has 1 unspecified atom stereocenters. The molecule has 1 aromatic heterocycles. The summed E-state index contributed by atoms with van der Waals surface area (Å²) in [5.74, 6) is -0.0475. The van der Waals surface area contributed by atoms with E-state index in [1.165, 1.54) is 0 Å². The monoisotopic (exact) mass is 428 g/mol. The van der Waals surface area contributed by atoms with Gasteiger partial charge in [-0.1, -0.05) is 24.3 Å². The van der Waals surface area contributed by atoms with Crippen molar-refractivity contribution in [2.75, 3.05) is 26.2 Å². The average Bonchev–Trinajstić information content (AvgIpc) is 3.20. The zero-order chi connectivity index (χ0) is 22.6. The summed E-state index contributed by atoms with van der Waals surface area (Å²) >= 11 is 0. The Hall–Kier alpha value is -3.13. The Morgan fingerprint density at radius 3 is 2.26 bits per heavy atom. The topological polar surface area (TPSA) is 100 Å². The van der Waals surface area contributed by atoms with Gasteiger partial charge in [0.05, 0.1) is 0 Å². The second kappa shape index (κ2) is 9.34. The molecule has 0 bridgehead atoms. The molecule has 0 aliphatic carbocycles. The van der Waals surface area contributed by atoms with Crippen LogP contribution in [-0.4, -0.2) is 71.1 Å². The lowest BCUT2D eigenvalue weighted by atomic mass is 10.0. The quantitative estimate of drug-likeness (QED) is 0.705. The van der Waals surface area contributed by atoms with Gasteiger partial charge in [0.2, 0.25) is 0 Å². The second-order valence-electron chi connectivity index (χ2n) is 8.58. The van der Waals surface area contributed by atoms with E-state index in [0.29, 0.717) is 44.6 Å². The van der Waals surface area contributed by atoms with Crippen LogP contribution in [0.1, 0.15) is 36.9 Å². The van der Waals surface area contributed by atoms with Gasteiger partial charge in [0.1, 0.15) is 17.4 Å². The van der Waals surface area contributed by atoms with Crippen molar-refractivity contribution in [3.63, 3.8) is 0 Å². The van der Waals surface area contributed by atoms with E-state index in [0.717, 1.165) is 11.1 Å². The highest BCUT2D eigenvalue weighted by Crippen LogP contribution is 2.23. The third-order valence-corrected chi connectivity index (χ3v) is 5.10. The number of aliphatic carboxylic acids is 1. The Balaban J connectivity index is 1.61. The van der Waals surface area contributed by atoms with Gasteiger partial charge in [-0.15, -0.1) is 0 Å². The maximum atomic E-state index is 12.2. The maximum Gasteiger partial charge on any atom is 0.410 e. The molecule has 1 fully saturated rings. The lowest BCUT2D eigenvalue weighted by Crippen LogP contribution is -2.55. The molecule has 3 rings (SSSR count). The molecule has 2 aromatic rings. The van der Waals surface area contributed by atoms with Gasteiger partial charge in [0.15, 0.2) is 12.0 Å². The van der Waals surface area contributed by atoms with E-state index in [1.807, 2.05) is 49.9 Å². The van der Waals surface area contributed by atoms with Crippen LogP contribution < -0.4 is 0 Å². The summed E-state index contributed by atoms with van der Waals surface area (Å²) in [6.45, 7) is 7.24. The minimum Gasteiger partial charge on any atom is -0.480 e. The Labute approximate surface area is 181 Å². The van der Waals surface area contributed by atoms with Gasteiger partial charge < -0.3 is 19.2 Å². The summed E-state index contributed by atoms with van der Waals surface area (Å²) in [6.07, 6.45) is 0.628. The fourth-order valence-corrected chi connectivity index (χ4v) is 3.51. The van der Waals surface area contributed by atoms with Crippen molar-refractivity contribution >= 4 is 18.3 Å². The molecule has 1 aliphatic rings. The first-order valence-electron chi connectivity index (χ1n) is 10.3. The van der Waals surface area contributed by atoms with Crippen LogP contribution in [0.5, 0.6) is 0 Å². The van der Waals surface area contributed by atoms with Crippen molar-refractivity contribution in [1.29, 1.82) is 0 Å². The Morgan fingerprint density at radius 1 is 1.10 bits per heavy atom. The van der Waals surface area contributed by atoms with Crippen LogP contribution in [0.15, 0.2) is 40.8 Å². The third kappa shape index (κ3) is 5.95. The number of ether oxygens (including phenoxy) is 1. The number of piperazine rings is 1. The number of hydrogen-bond donors (Lipinski definition) is 1. The number of carbonyl (C=O) groups is 3. The van der Waals surface area contributed by atoms with Crippen molar-refractivity contribution in [1.82, 2.24) is 9.80 Å². The van der Waals surface area contributed by atoms with Crippen molar-refractivity contribution in [3.8, 4) is 11.3 Å². The number of rotatable bonds is 6. The van der Waals surface area contributed by atoms with E-state index >= 15 is 0 Å². The average molecular weight is 428 g/mol. The highest BCUT2D eigenvalue weighted by Gasteiger charge is 2.32. The summed E-state index contributed by atoms with van der Waals surface area (Å²) in [6, 6.07) is 10.1. The summed E-state index contributed by atoms with van der Waals surface area (Å²) < 4.78 is 10.8. The van der Waals surface area contributed by atoms with Gasteiger partial charge in [0, 0.05) is 31.7 Å². The minimum absolute atomic E-state index is 0.260. The highest BCUT2D eigenvalue weighted by atomic mass is 16.6. The van der Waals surface area contributed by atoms with Crippen molar-refractivity contribution in [2.24, 2.45) is 0 Å². The maximum absolute atomic E-state index is 12.2. The predicted octanol–water partition coefficient (Wildman–Crippen LogP) is 3.31. The number of aldehydes is 1. The normalized spacial score (nSPS) is 16.0. The third-order valence-electron chi connectivity index (χ3n) is 5.10. The van der Waals surface area contributed by atoms with Gasteiger partial charge in [-0.2, -0.15) is 0 Å². The van der Waals surface area contributed by atoms with Gasteiger partial charge >= 0.3 is 12.1 Å². The van der Waals surface area contributed by atoms with Gasteiger partial charge in [-0.3, -0.25) is 14.5 Å². The fourth-order valence-electron chi connectivity index (χ4n) is 3.51. The largest absolute Gasteiger partial charge is 0.480 e. The molecule has 0 spiro atoms.